The number of fused-ring (bicyclic) bond motifs is 1. The number of amides is 1. The summed E-state index contributed by atoms with van der Waals surface area (Å²) in [6, 6.07) is 24.0. The molecular formula is C27H28N2O3. The van der Waals surface area contributed by atoms with E-state index >= 15 is 0 Å². The van der Waals surface area contributed by atoms with E-state index in [1.807, 2.05) is 67.6 Å². The van der Waals surface area contributed by atoms with Crippen molar-refractivity contribution in [3.05, 3.63) is 101 Å². The van der Waals surface area contributed by atoms with E-state index in [1.54, 1.807) is 0 Å². The second kappa shape index (κ2) is 9.79. The Morgan fingerprint density at radius 2 is 1.75 bits per heavy atom. The zero-order chi connectivity index (χ0) is 22.5. The first kappa shape index (κ1) is 21.8. The standard InChI is InChI=1S/C27H28N2O3/c1-19(28-20(2)30)23-10-8-21(9-11-23)15-29-16-24-12-13-25(14-26(24)27(31)17-29)32-18-22-6-4-3-5-7-22/h3-14,19H,15-18H2,1-2H3,(H,28,30)/t19-/m0/s1. The highest BCUT2D eigenvalue weighted by Gasteiger charge is 2.23. The largest absolute Gasteiger partial charge is 0.489 e. The summed E-state index contributed by atoms with van der Waals surface area (Å²) >= 11 is 0. The molecule has 0 saturated carbocycles. The molecule has 164 valence electrons. The van der Waals surface area contributed by atoms with Crippen molar-refractivity contribution >= 4 is 11.7 Å². The van der Waals surface area contributed by atoms with Crippen LogP contribution >= 0.6 is 0 Å². The lowest BCUT2D eigenvalue weighted by molar-refractivity contribution is -0.119. The molecule has 4 rings (SSSR count). The molecule has 5 heteroatoms. The minimum atomic E-state index is -0.0410. The number of rotatable bonds is 7. The highest BCUT2D eigenvalue weighted by atomic mass is 16.5. The van der Waals surface area contributed by atoms with E-state index < -0.39 is 0 Å². The minimum absolute atomic E-state index is 0.0247. The molecule has 0 radical (unpaired) electrons. The van der Waals surface area contributed by atoms with Gasteiger partial charge in [-0.2, -0.15) is 0 Å². The predicted molar refractivity (Wildman–Crippen MR) is 124 cm³/mol. The van der Waals surface area contributed by atoms with Crippen molar-refractivity contribution in [2.75, 3.05) is 6.54 Å². The summed E-state index contributed by atoms with van der Waals surface area (Å²) in [4.78, 5) is 26.2. The van der Waals surface area contributed by atoms with Crippen molar-refractivity contribution < 1.29 is 14.3 Å². The van der Waals surface area contributed by atoms with Crippen LogP contribution in [0.25, 0.3) is 0 Å². The van der Waals surface area contributed by atoms with Crippen LogP contribution in [0.15, 0.2) is 72.8 Å². The van der Waals surface area contributed by atoms with Gasteiger partial charge in [-0.3, -0.25) is 14.5 Å². The van der Waals surface area contributed by atoms with Gasteiger partial charge < -0.3 is 10.1 Å². The van der Waals surface area contributed by atoms with Crippen molar-refractivity contribution in [2.45, 2.75) is 39.6 Å². The lowest BCUT2D eigenvalue weighted by Crippen LogP contribution is -2.34. The fourth-order valence-corrected chi connectivity index (χ4v) is 4.04. The zero-order valence-corrected chi connectivity index (χ0v) is 18.5. The number of carbonyl (C=O) groups excluding carboxylic acids is 2. The lowest BCUT2D eigenvalue weighted by atomic mass is 9.97. The maximum Gasteiger partial charge on any atom is 0.217 e. The van der Waals surface area contributed by atoms with E-state index in [1.165, 1.54) is 6.92 Å². The van der Waals surface area contributed by atoms with Gasteiger partial charge in [-0.1, -0.05) is 60.7 Å². The van der Waals surface area contributed by atoms with Crippen LogP contribution in [0.5, 0.6) is 5.75 Å². The van der Waals surface area contributed by atoms with Gasteiger partial charge in [-0.15, -0.1) is 0 Å². The molecule has 0 spiro atoms. The molecule has 1 N–H and O–H groups in total. The summed E-state index contributed by atoms with van der Waals surface area (Å²) in [5.74, 6) is 0.797. The highest BCUT2D eigenvalue weighted by molar-refractivity contribution is 6.00. The van der Waals surface area contributed by atoms with E-state index in [4.69, 9.17) is 4.74 Å². The average molecular weight is 429 g/mol. The summed E-state index contributed by atoms with van der Waals surface area (Å²) in [5.41, 5.74) is 5.09. The minimum Gasteiger partial charge on any atom is -0.489 e. The van der Waals surface area contributed by atoms with Crippen LogP contribution in [0.2, 0.25) is 0 Å². The summed E-state index contributed by atoms with van der Waals surface area (Å²) in [5, 5.41) is 2.90. The number of nitrogens with zero attached hydrogens (tertiary/aromatic N) is 1. The molecule has 1 heterocycles. The van der Waals surface area contributed by atoms with Gasteiger partial charge >= 0.3 is 0 Å². The van der Waals surface area contributed by atoms with Gasteiger partial charge in [-0.05, 0) is 41.3 Å². The molecule has 0 unspecified atom stereocenters. The molecule has 1 aliphatic rings. The Kier molecular flexibility index (Phi) is 6.66. The predicted octanol–water partition coefficient (Wildman–Crippen LogP) is 4.66. The summed E-state index contributed by atoms with van der Waals surface area (Å²) < 4.78 is 5.89. The van der Waals surface area contributed by atoms with Gasteiger partial charge in [0.25, 0.3) is 0 Å². The summed E-state index contributed by atoms with van der Waals surface area (Å²) in [6.45, 7) is 5.79. The first-order valence-corrected chi connectivity index (χ1v) is 10.9. The normalized spacial score (nSPS) is 14.5. The van der Waals surface area contributed by atoms with E-state index in [9.17, 15) is 9.59 Å². The van der Waals surface area contributed by atoms with E-state index in [-0.39, 0.29) is 17.7 Å². The average Bonchev–Trinajstić information content (AvgIpc) is 2.78. The van der Waals surface area contributed by atoms with Gasteiger partial charge in [0.1, 0.15) is 12.4 Å². The first-order chi connectivity index (χ1) is 15.5. The summed E-state index contributed by atoms with van der Waals surface area (Å²) in [7, 11) is 0. The van der Waals surface area contributed by atoms with Crippen molar-refractivity contribution in [1.29, 1.82) is 0 Å². The van der Waals surface area contributed by atoms with Crippen LogP contribution in [-0.2, 0) is 24.5 Å². The number of Topliss-reactive ketones (excluding diaryl/α,β-unsaturated/α-hetero) is 1. The molecule has 5 nitrogen and oxygen atoms in total. The Hall–Kier alpha value is -3.44. The molecule has 32 heavy (non-hydrogen) atoms. The van der Waals surface area contributed by atoms with Gasteiger partial charge in [-0.25, -0.2) is 0 Å². The Balaban J connectivity index is 1.38. The number of ketones is 1. The Bertz CT molecular complexity index is 1090. The number of hydrogen-bond donors (Lipinski definition) is 1. The number of benzene rings is 3. The highest BCUT2D eigenvalue weighted by Crippen LogP contribution is 2.26. The Morgan fingerprint density at radius 3 is 2.47 bits per heavy atom. The molecule has 1 aliphatic heterocycles. The van der Waals surface area contributed by atoms with Crippen LogP contribution in [0, 0.1) is 0 Å². The maximum absolute atomic E-state index is 12.8. The smallest absolute Gasteiger partial charge is 0.217 e. The quantitative estimate of drug-likeness (QED) is 0.595. The third-order valence-electron chi connectivity index (χ3n) is 5.70. The van der Waals surface area contributed by atoms with E-state index in [0.29, 0.717) is 19.7 Å². The van der Waals surface area contributed by atoms with Crippen molar-refractivity contribution in [1.82, 2.24) is 10.2 Å². The summed E-state index contributed by atoms with van der Waals surface area (Å²) in [6.07, 6.45) is 0. The van der Waals surface area contributed by atoms with Crippen LogP contribution in [-0.4, -0.2) is 23.1 Å². The van der Waals surface area contributed by atoms with E-state index in [2.05, 4.69) is 22.3 Å². The molecule has 1 atom stereocenters. The molecule has 0 fully saturated rings. The fraction of sp³-hybridized carbons (Fsp3) is 0.259. The maximum atomic E-state index is 12.8. The van der Waals surface area contributed by atoms with Crippen LogP contribution in [0.4, 0.5) is 0 Å². The number of hydrogen-bond acceptors (Lipinski definition) is 4. The first-order valence-electron chi connectivity index (χ1n) is 10.9. The van der Waals surface area contributed by atoms with Crippen LogP contribution in [0.1, 0.15) is 52.5 Å². The Morgan fingerprint density at radius 1 is 1.00 bits per heavy atom. The fourth-order valence-electron chi connectivity index (χ4n) is 4.04. The van der Waals surface area contributed by atoms with Gasteiger partial charge in [0.05, 0.1) is 12.6 Å². The SMILES string of the molecule is CC(=O)N[C@@H](C)c1ccc(CN2CC(=O)c3cc(OCc4ccccc4)ccc3C2)cc1. The zero-order valence-electron chi connectivity index (χ0n) is 18.5. The monoisotopic (exact) mass is 428 g/mol. The Labute approximate surface area is 189 Å². The third-order valence-corrected chi connectivity index (χ3v) is 5.70. The van der Waals surface area contributed by atoms with Crippen LogP contribution < -0.4 is 10.1 Å². The van der Waals surface area contributed by atoms with E-state index in [0.717, 1.165) is 40.1 Å². The van der Waals surface area contributed by atoms with Gasteiger partial charge in [0.2, 0.25) is 5.91 Å². The number of nitrogens with one attached hydrogen (secondary N) is 1. The molecule has 1 amide bonds. The molecule has 3 aromatic carbocycles. The third kappa shape index (κ3) is 5.42. The molecule has 0 saturated heterocycles. The topological polar surface area (TPSA) is 58.6 Å². The van der Waals surface area contributed by atoms with Gasteiger partial charge in [0.15, 0.2) is 5.78 Å². The number of ether oxygens (including phenoxy) is 1. The van der Waals surface area contributed by atoms with Crippen molar-refractivity contribution in [2.24, 2.45) is 0 Å². The second-order valence-corrected chi connectivity index (χ2v) is 8.33. The molecule has 3 aromatic rings. The van der Waals surface area contributed by atoms with Crippen molar-refractivity contribution in [3.63, 3.8) is 0 Å². The van der Waals surface area contributed by atoms with Gasteiger partial charge in [0, 0.05) is 25.6 Å². The molecule has 0 aliphatic carbocycles. The molecule has 0 bridgehead atoms. The number of carbonyl (C=O) groups is 2. The van der Waals surface area contributed by atoms with Crippen LogP contribution in [0.3, 0.4) is 0 Å². The molecular weight excluding hydrogens is 400 g/mol. The lowest BCUT2D eigenvalue weighted by Gasteiger charge is -2.28. The second-order valence-electron chi connectivity index (χ2n) is 8.33. The molecule has 0 aromatic heterocycles. The van der Waals surface area contributed by atoms with Crippen molar-refractivity contribution in [3.8, 4) is 5.75 Å².